The molecule has 4 aromatic rings. The molecule has 1 aliphatic heterocycles. The van der Waals surface area contributed by atoms with Crippen LogP contribution in [0.15, 0.2) is 66.9 Å². The minimum Gasteiger partial charge on any atom is -0.322 e. The second kappa shape index (κ2) is 9.69. The van der Waals surface area contributed by atoms with Gasteiger partial charge in [0.2, 0.25) is 0 Å². The second-order valence-corrected chi connectivity index (χ2v) is 8.51. The predicted molar refractivity (Wildman–Crippen MR) is 127 cm³/mol. The van der Waals surface area contributed by atoms with Crippen LogP contribution in [0.25, 0.3) is 16.9 Å². The van der Waals surface area contributed by atoms with E-state index in [0.29, 0.717) is 16.9 Å². The van der Waals surface area contributed by atoms with Crippen molar-refractivity contribution < 1.29 is 13.6 Å². The summed E-state index contributed by atoms with van der Waals surface area (Å²) in [7, 11) is 0. The SMILES string of the molecule is O=C(Nc1ccc(CN2CCCCC2)cc1)c1cnn2c(C(F)F)cc(-c3ccccc3)nc12. The van der Waals surface area contributed by atoms with E-state index in [1.807, 2.05) is 42.5 Å². The molecule has 1 amide bonds. The summed E-state index contributed by atoms with van der Waals surface area (Å²) in [5.41, 5.74) is 2.77. The number of aromatic nitrogens is 3. The standard InChI is InChI=1S/C26H25F2N5O/c27-24(28)23-15-22(19-7-3-1-4-8-19)31-25-21(16-29-33(23)25)26(34)30-20-11-9-18(10-12-20)17-32-13-5-2-6-14-32/h1,3-4,7-12,15-16,24H,2,5-6,13-14,17H2,(H,30,34). The van der Waals surface area contributed by atoms with Gasteiger partial charge in [-0.05, 0) is 49.7 Å². The number of nitrogens with one attached hydrogen (secondary N) is 1. The van der Waals surface area contributed by atoms with Crippen molar-refractivity contribution in [3.8, 4) is 11.3 Å². The van der Waals surface area contributed by atoms with Gasteiger partial charge in [-0.25, -0.2) is 18.3 Å². The first-order chi connectivity index (χ1) is 16.6. The summed E-state index contributed by atoms with van der Waals surface area (Å²) < 4.78 is 28.6. The molecule has 0 saturated carbocycles. The van der Waals surface area contributed by atoms with E-state index in [-0.39, 0.29) is 16.9 Å². The molecule has 34 heavy (non-hydrogen) atoms. The van der Waals surface area contributed by atoms with Crippen LogP contribution in [0.1, 0.15) is 47.3 Å². The van der Waals surface area contributed by atoms with E-state index in [2.05, 4.69) is 20.3 Å². The first-order valence-corrected chi connectivity index (χ1v) is 11.4. The smallest absolute Gasteiger partial charge is 0.280 e. The van der Waals surface area contributed by atoms with Crippen LogP contribution < -0.4 is 5.32 Å². The number of carbonyl (C=O) groups excluding carboxylic acids is 1. The molecule has 5 rings (SSSR count). The third kappa shape index (κ3) is 4.68. The fourth-order valence-electron chi connectivity index (χ4n) is 4.33. The quantitative estimate of drug-likeness (QED) is 0.408. The van der Waals surface area contributed by atoms with Crippen molar-refractivity contribution in [2.45, 2.75) is 32.2 Å². The molecule has 8 heteroatoms. The van der Waals surface area contributed by atoms with Gasteiger partial charge < -0.3 is 5.32 Å². The highest BCUT2D eigenvalue weighted by molar-refractivity contribution is 6.08. The first kappa shape index (κ1) is 22.2. The summed E-state index contributed by atoms with van der Waals surface area (Å²) in [6, 6.07) is 18.1. The normalized spacial score (nSPS) is 14.6. The van der Waals surface area contributed by atoms with Crippen LogP contribution in [0.3, 0.4) is 0 Å². The lowest BCUT2D eigenvalue weighted by atomic mass is 10.1. The molecule has 1 fully saturated rings. The number of fused-ring (bicyclic) bond motifs is 1. The molecule has 2 aromatic heterocycles. The van der Waals surface area contributed by atoms with E-state index >= 15 is 0 Å². The van der Waals surface area contributed by atoms with Crippen molar-refractivity contribution in [1.82, 2.24) is 19.5 Å². The zero-order valence-electron chi connectivity index (χ0n) is 18.6. The Balaban J connectivity index is 1.39. The molecule has 2 aromatic carbocycles. The molecule has 3 heterocycles. The number of anilines is 1. The maximum atomic E-state index is 13.8. The van der Waals surface area contributed by atoms with Crippen molar-refractivity contribution in [2.75, 3.05) is 18.4 Å². The number of alkyl halides is 2. The summed E-state index contributed by atoms with van der Waals surface area (Å²) in [4.78, 5) is 19.9. The van der Waals surface area contributed by atoms with Crippen molar-refractivity contribution in [2.24, 2.45) is 0 Å². The maximum Gasteiger partial charge on any atom is 0.280 e. The highest BCUT2D eigenvalue weighted by Gasteiger charge is 2.21. The number of benzene rings is 2. The Morgan fingerprint density at radius 1 is 1.00 bits per heavy atom. The molecule has 6 nitrogen and oxygen atoms in total. The minimum absolute atomic E-state index is 0.0934. The third-order valence-electron chi connectivity index (χ3n) is 6.10. The van der Waals surface area contributed by atoms with Crippen LogP contribution in [-0.2, 0) is 6.54 Å². The summed E-state index contributed by atoms with van der Waals surface area (Å²) >= 11 is 0. The van der Waals surface area contributed by atoms with E-state index in [9.17, 15) is 13.6 Å². The van der Waals surface area contributed by atoms with E-state index in [0.717, 1.165) is 24.1 Å². The Hall–Kier alpha value is -3.65. The number of nitrogens with zero attached hydrogens (tertiary/aromatic N) is 4. The zero-order chi connectivity index (χ0) is 23.5. The predicted octanol–water partition coefficient (Wildman–Crippen LogP) is 5.57. The Kier molecular flexibility index (Phi) is 6.31. The molecule has 0 aliphatic carbocycles. The van der Waals surface area contributed by atoms with Gasteiger partial charge in [0.15, 0.2) is 5.65 Å². The topological polar surface area (TPSA) is 62.5 Å². The van der Waals surface area contributed by atoms with Crippen molar-refractivity contribution in [3.05, 3.63) is 83.7 Å². The van der Waals surface area contributed by atoms with Gasteiger partial charge in [0.1, 0.15) is 11.3 Å². The van der Waals surface area contributed by atoms with E-state index in [1.165, 1.54) is 37.1 Å². The molecule has 1 N–H and O–H groups in total. The Morgan fingerprint density at radius 3 is 2.44 bits per heavy atom. The second-order valence-electron chi connectivity index (χ2n) is 8.51. The number of amides is 1. The number of halogens is 2. The lowest BCUT2D eigenvalue weighted by Gasteiger charge is -2.26. The zero-order valence-corrected chi connectivity index (χ0v) is 18.6. The van der Waals surface area contributed by atoms with Gasteiger partial charge >= 0.3 is 0 Å². The number of hydrogen-bond donors (Lipinski definition) is 1. The van der Waals surface area contributed by atoms with Gasteiger partial charge in [0.25, 0.3) is 12.3 Å². The van der Waals surface area contributed by atoms with Gasteiger partial charge in [0.05, 0.1) is 11.9 Å². The summed E-state index contributed by atoms with van der Waals surface area (Å²) in [6.07, 6.45) is 2.28. The third-order valence-corrected chi connectivity index (χ3v) is 6.10. The lowest BCUT2D eigenvalue weighted by molar-refractivity contribution is 0.102. The minimum atomic E-state index is -2.77. The summed E-state index contributed by atoms with van der Waals surface area (Å²) in [6.45, 7) is 3.13. The lowest BCUT2D eigenvalue weighted by Crippen LogP contribution is -2.29. The summed E-state index contributed by atoms with van der Waals surface area (Å²) in [5.74, 6) is -0.447. The number of hydrogen-bond acceptors (Lipinski definition) is 4. The molecule has 0 atom stereocenters. The molecule has 0 bridgehead atoms. The molecule has 1 saturated heterocycles. The van der Waals surface area contributed by atoms with Gasteiger partial charge in [-0.15, -0.1) is 0 Å². The van der Waals surface area contributed by atoms with Crippen molar-refractivity contribution in [1.29, 1.82) is 0 Å². The van der Waals surface area contributed by atoms with E-state index < -0.39 is 12.3 Å². The monoisotopic (exact) mass is 461 g/mol. The Morgan fingerprint density at radius 2 is 1.74 bits per heavy atom. The molecule has 0 radical (unpaired) electrons. The Bertz CT molecular complexity index is 1280. The number of likely N-dealkylation sites (tertiary alicyclic amines) is 1. The van der Waals surface area contributed by atoms with Crippen LogP contribution in [0, 0.1) is 0 Å². The maximum absolute atomic E-state index is 13.8. The van der Waals surface area contributed by atoms with Crippen LogP contribution in [0.2, 0.25) is 0 Å². The number of carbonyl (C=O) groups is 1. The number of piperidine rings is 1. The van der Waals surface area contributed by atoms with Gasteiger partial charge in [-0.3, -0.25) is 9.69 Å². The Labute approximate surface area is 196 Å². The van der Waals surface area contributed by atoms with Crippen molar-refractivity contribution in [3.63, 3.8) is 0 Å². The molecular weight excluding hydrogens is 436 g/mol. The fraction of sp³-hybridized carbons (Fsp3) is 0.269. The largest absolute Gasteiger partial charge is 0.322 e. The van der Waals surface area contributed by atoms with Crippen molar-refractivity contribution >= 4 is 17.2 Å². The van der Waals surface area contributed by atoms with Crippen LogP contribution in [0.4, 0.5) is 14.5 Å². The highest BCUT2D eigenvalue weighted by Crippen LogP contribution is 2.27. The van der Waals surface area contributed by atoms with Crippen LogP contribution >= 0.6 is 0 Å². The molecular formula is C26H25F2N5O. The van der Waals surface area contributed by atoms with Gasteiger partial charge in [-0.2, -0.15) is 5.10 Å². The first-order valence-electron chi connectivity index (χ1n) is 11.4. The molecule has 0 spiro atoms. The number of rotatable bonds is 6. The van der Waals surface area contributed by atoms with Gasteiger partial charge in [-0.1, -0.05) is 48.9 Å². The highest BCUT2D eigenvalue weighted by atomic mass is 19.3. The van der Waals surface area contributed by atoms with E-state index in [1.54, 1.807) is 12.1 Å². The molecule has 174 valence electrons. The van der Waals surface area contributed by atoms with E-state index in [4.69, 9.17) is 0 Å². The average molecular weight is 462 g/mol. The average Bonchev–Trinajstić information content (AvgIpc) is 3.30. The van der Waals surface area contributed by atoms with Crippen LogP contribution in [-0.4, -0.2) is 38.5 Å². The van der Waals surface area contributed by atoms with Crippen LogP contribution in [0.5, 0.6) is 0 Å². The fourth-order valence-corrected chi connectivity index (χ4v) is 4.33. The molecule has 1 aliphatic rings. The summed E-state index contributed by atoms with van der Waals surface area (Å²) in [5, 5.41) is 6.87. The molecule has 0 unspecified atom stereocenters. The van der Waals surface area contributed by atoms with Gasteiger partial charge in [0, 0.05) is 17.8 Å².